The van der Waals surface area contributed by atoms with Crippen LogP contribution < -0.4 is 4.74 Å². The first-order chi connectivity index (χ1) is 9.81. The topological polar surface area (TPSA) is 60.3 Å². The first-order valence-corrected chi connectivity index (χ1v) is 6.82. The van der Waals surface area contributed by atoms with Crippen LogP contribution in [0, 0.1) is 0 Å². The van der Waals surface area contributed by atoms with E-state index in [1.165, 1.54) is 0 Å². The number of rotatable bonds is 10. The summed E-state index contributed by atoms with van der Waals surface area (Å²) < 4.78 is 15.9. The lowest BCUT2D eigenvalue weighted by Gasteiger charge is -2.08. The van der Waals surface area contributed by atoms with E-state index >= 15 is 0 Å². The van der Waals surface area contributed by atoms with Crippen molar-refractivity contribution < 1.29 is 19.4 Å². The molecule has 0 saturated carbocycles. The van der Waals surface area contributed by atoms with Gasteiger partial charge in [-0.2, -0.15) is 0 Å². The second-order valence-corrected chi connectivity index (χ2v) is 4.23. The fraction of sp³-hybridized carbons (Fsp3) is 0.533. The van der Waals surface area contributed by atoms with E-state index in [-0.39, 0.29) is 0 Å². The fourth-order valence-electron chi connectivity index (χ4n) is 1.70. The molecule has 1 rings (SSSR count). The maximum Gasteiger partial charge on any atom is 0.119 e. The van der Waals surface area contributed by atoms with Gasteiger partial charge in [-0.25, -0.2) is 0 Å². The van der Waals surface area contributed by atoms with Crippen molar-refractivity contribution in [3.8, 4) is 5.75 Å². The number of hydrogen-bond acceptors (Lipinski definition) is 5. The zero-order valence-electron chi connectivity index (χ0n) is 12.2. The number of nitrogens with zero attached hydrogens (tertiary/aromatic N) is 1. The lowest BCUT2D eigenvalue weighted by atomic mass is 10.1. The SMILES string of the molecule is CC/C(=N/O)c1ccc(OCCOCCCOC)cc1. The molecule has 1 aromatic rings. The lowest BCUT2D eigenvalue weighted by molar-refractivity contribution is 0.0806. The molecular weight excluding hydrogens is 258 g/mol. The van der Waals surface area contributed by atoms with E-state index in [0.717, 1.165) is 17.7 Å². The highest BCUT2D eigenvalue weighted by Crippen LogP contribution is 2.13. The second kappa shape index (κ2) is 10.2. The lowest BCUT2D eigenvalue weighted by Crippen LogP contribution is -2.08. The van der Waals surface area contributed by atoms with Crippen molar-refractivity contribution in [2.24, 2.45) is 5.16 Å². The van der Waals surface area contributed by atoms with Crippen molar-refractivity contribution in [3.05, 3.63) is 29.8 Å². The molecule has 0 aromatic heterocycles. The average Bonchev–Trinajstić information content (AvgIpc) is 2.49. The van der Waals surface area contributed by atoms with Gasteiger partial charge in [-0.3, -0.25) is 0 Å². The van der Waals surface area contributed by atoms with Crippen molar-refractivity contribution in [2.45, 2.75) is 19.8 Å². The molecule has 20 heavy (non-hydrogen) atoms. The second-order valence-electron chi connectivity index (χ2n) is 4.23. The van der Waals surface area contributed by atoms with Crippen LogP contribution in [0.4, 0.5) is 0 Å². The van der Waals surface area contributed by atoms with Crippen molar-refractivity contribution >= 4 is 5.71 Å². The standard InChI is InChI=1S/C15H23NO4/c1-3-15(16-17)13-5-7-14(8-6-13)20-12-11-19-10-4-9-18-2/h5-8,17H,3-4,9-12H2,1-2H3/b16-15-. The van der Waals surface area contributed by atoms with E-state index in [1.54, 1.807) is 7.11 Å². The van der Waals surface area contributed by atoms with Gasteiger partial charge in [-0.15, -0.1) is 0 Å². The van der Waals surface area contributed by atoms with Gasteiger partial charge >= 0.3 is 0 Å². The number of methoxy groups -OCH3 is 1. The van der Waals surface area contributed by atoms with E-state index in [9.17, 15) is 0 Å². The van der Waals surface area contributed by atoms with E-state index in [0.29, 0.717) is 38.6 Å². The van der Waals surface area contributed by atoms with Crippen molar-refractivity contribution in [1.29, 1.82) is 0 Å². The van der Waals surface area contributed by atoms with E-state index in [1.807, 2.05) is 31.2 Å². The van der Waals surface area contributed by atoms with Crippen LogP contribution in [-0.4, -0.2) is 44.5 Å². The predicted octanol–water partition coefficient (Wildman–Crippen LogP) is 2.71. The van der Waals surface area contributed by atoms with Gasteiger partial charge < -0.3 is 19.4 Å². The summed E-state index contributed by atoms with van der Waals surface area (Å²) in [4.78, 5) is 0. The molecule has 112 valence electrons. The van der Waals surface area contributed by atoms with Crippen LogP contribution >= 0.6 is 0 Å². The average molecular weight is 281 g/mol. The van der Waals surface area contributed by atoms with Crippen LogP contribution in [0.15, 0.2) is 29.4 Å². The quantitative estimate of drug-likeness (QED) is 0.310. The van der Waals surface area contributed by atoms with Crippen LogP contribution in [0.1, 0.15) is 25.3 Å². The number of hydrogen-bond donors (Lipinski definition) is 1. The Labute approximate surface area is 120 Å². The largest absolute Gasteiger partial charge is 0.491 e. The minimum absolute atomic E-state index is 0.515. The Kier molecular flexibility index (Phi) is 8.42. The molecule has 0 fully saturated rings. The van der Waals surface area contributed by atoms with Crippen LogP contribution in [0.25, 0.3) is 0 Å². The van der Waals surface area contributed by atoms with Crippen molar-refractivity contribution in [1.82, 2.24) is 0 Å². The molecule has 0 aliphatic rings. The summed E-state index contributed by atoms with van der Waals surface area (Å²) in [5.41, 5.74) is 1.57. The Hall–Kier alpha value is -1.59. The Morgan fingerprint density at radius 1 is 1.10 bits per heavy atom. The summed E-state index contributed by atoms with van der Waals surface area (Å²) >= 11 is 0. The molecule has 1 aromatic carbocycles. The van der Waals surface area contributed by atoms with E-state index in [4.69, 9.17) is 19.4 Å². The molecule has 0 atom stereocenters. The molecule has 0 unspecified atom stereocenters. The molecular formula is C15H23NO4. The highest BCUT2D eigenvalue weighted by Gasteiger charge is 2.02. The third-order valence-corrected chi connectivity index (χ3v) is 2.78. The highest BCUT2D eigenvalue weighted by atomic mass is 16.5. The normalized spacial score (nSPS) is 11.6. The van der Waals surface area contributed by atoms with Crippen molar-refractivity contribution in [2.75, 3.05) is 33.5 Å². The Balaban J connectivity index is 2.25. The van der Waals surface area contributed by atoms with E-state index in [2.05, 4.69) is 5.16 Å². The van der Waals surface area contributed by atoms with Crippen LogP contribution in [0.3, 0.4) is 0 Å². The van der Waals surface area contributed by atoms with E-state index < -0.39 is 0 Å². The number of benzene rings is 1. The van der Waals surface area contributed by atoms with Gasteiger partial charge in [0.15, 0.2) is 0 Å². The molecule has 1 N–H and O–H groups in total. The van der Waals surface area contributed by atoms with Gasteiger partial charge in [0.2, 0.25) is 0 Å². The Morgan fingerprint density at radius 2 is 1.85 bits per heavy atom. The third kappa shape index (κ3) is 6.04. The summed E-state index contributed by atoms with van der Waals surface area (Å²) in [6.07, 6.45) is 1.58. The molecule has 0 aliphatic heterocycles. The maximum atomic E-state index is 8.84. The third-order valence-electron chi connectivity index (χ3n) is 2.78. The summed E-state index contributed by atoms with van der Waals surface area (Å²) in [7, 11) is 1.68. The zero-order chi connectivity index (χ0) is 14.6. The highest BCUT2D eigenvalue weighted by molar-refractivity contribution is 6.00. The first-order valence-electron chi connectivity index (χ1n) is 6.82. The van der Waals surface area contributed by atoms with Crippen molar-refractivity contribution in [3.63, 3.8) is 0 Å². The first kappa shape index (κ1) is 16.5. The fourth-order valence-corrected chi connectivity index (χ4v) is 1.70. The molecule has 0 bridgehead atoms. The number of oxime groups is 1. The summed E-state index contributed by atoms with van der Waals surface area (Å²) in [6, 6.07) is 7.49. The monoisotopic (exact) mass is 281 g/mol. The van der Waals surface area contributed by atoms with Gasteiger partial charge in [0.25, 0.3) is 0 Å². The Bertz CT molecular complexity index is 389. The minimum atomic E-state index is 0.515. The molecule has 0 heterocycles. The predicted molar refractivity (Wildman–Crippen MR) is 77.9 cm³/mol. The van der Waals surface area contributed by atoms with Gasteiger partial charge in [0, 0.05) is 20.3 Å². The summed E-state index contributed by atoms with van der Waals surface area (Å²) in [5.74, 6) is 0.780. The van der Waals surface area contributed by atoms with Crippen LogP contribution in [0.2, 0.25) is 0 Å². The summed E-state index contributed by atoms with van der Waals surface area (Å²) in [6.45, 7) is 4.42. The molecule has 0 saturated heterocycles. The molecule has 0 amide bonds. The smallest absolute Gasteiger partial charge is 0.119 e. The number of ether oxygens (including phenoxy) is 3. The van der Waals surface area contributed by atoms with Crippen LogP contribution in [-0.2, 0) is 9.47 Å². The summed E-state index contributed by atoms with van der Waals surface area (Å²) in [5, 5.41) is 12.1. The van der Waals surface area contributed by atoms with Crippen LogP contribution in [0.5, 0.6) is 5.75 Å². The van der Waals surface area contributed by atoms with Gasteiger partial charge in [-0.05, 0) is 42.7 Å². The van der Waals surface area contributed by atoms with Gasteiger partial charge in [-0.1, -0.05) is 12.1 Å². The zero-order valence-corrected chi connectivity index (χ0v) is 12.2. The molecule has 5 nitrogen and oxygen atoms in total. The molecule has 0 radical (unpaired) electrons. The molecule has 0 aliphatic carbocycles. The maximum absolute atomic E-state index is 8.84. The van der Waals surface area contributed by atoms with Gasteiger partial charge in [0.1, 0.15) is 12.4 Å². The Morgan fingerprint density at radius 3 is 2.45 bits per heavy atom. The van der Waals surface area contributed by atoms with Gasteiger partial charge in [0.05, 0.1) is 12.3 Å². The molecule has 0 spiro atoms. The molecule has 5 heteroatoms. The minimum Gasteiger partial charge on any atom is -0.491 e.